The molecule has 2 aliphatic rings. The predicted octanol–water partition coefficient (Wildman–Crippen LogP) is 2.55. The van der Waals surface area contributed by atoms with Crippen molar-refractivity contribution in [1.82, 2.24) is 15.1 Å². The molecule has 226 valence electrons. The molecule has 41 heavy (non-hydrogen) atoms. The highest BCUT2D eigenvalue weighted by molar-refractivity contribution is 6.06. The van der Waals surface area contributed by atoms with Gasteiger partial charge in [-0.1, -0.05) is 18.9 Å². The Morgan fingerprint density at radius 3 is 2.56 bits per heavy atom. The van der Waals surface area contributed by atoms with Gasteiger partial charge in [0.25, 0.3) is 5.91 Å². The number of piperidine rings is 1. The summed E-state index contributed by atoms with van der Waals surface area (Å²) in [6.07, 6.45) is 3.50. The second kappa shape index (κ2) is 14.9. The number of imide groups is 1. The smallest absolute Gasteiger partial charge is 0.410 e. The molecule has 0 spiro atoms. The van der Waals surface area contributed by atoms with Gasteiger partial charge in [-0.05, 0) is 52.2 Å². The molecule has 3 rings (SSSR count). The monoisotopic (exact) mass is 573 g/mol. The predicted molar refractivity (Wildman–Crippen MR) is 152 cm³/mol. The highest BCUT2D eigenvalue weighted by Crippen LogP contribution is 2.32. The quantitative estimate of drug-likeness (QED) is 0.226. The van der Waals surface area contributed by atoms with Crippen LogP contribution in [0.15, 0.2) is 18.2 Å². The maximum Gasteiger partial charge on any atom is 0.410 e. The van der Waals surface area contributed by atoms with Crippen LogP contribution in [0.1, 0.15) is 81.6 Å². The van der Waals surface area contributed by atoms with Crippen molar-refractivity contribution in [2.24, 2.45) is 5.73 Å². The molecule has 12 heteroatoms. The number of nitrogens with zero attached hydrogens (tertiary/aromatic N) is 2. The number of unbranched alkanes of at least 4 members (excludes halogenated alkanes) is 3. The average molecular weight is 574 g/mol. The van der Waals surface area contributed by atoms with Crippen molar-refractivity contribution >= 4 is 35.4 Å². The van der Waals surface area contributed by atoms with E-state index in [1.165, 1.54) is 4.90 Å². The Hall–Kier alpha value is -3.51. The Bertz CT molecular complexity index is 1120. The normalized spacial score (nSPS) is 16.8. The van der Waals surface area contributed by atoms with Gasteiger partial charge < -0.3 is 30.3 Å². The van der Waals surface area contributed by atoms with E-state index in [9.17, 15) is 24.0 Å². The molecule has 1 aromatic carbocycles. The zero-order chi connectivity index (χ0) is 30.0. The van der Waals surface area contributed by atoms with Gasteiger partial charge in [0.15, 0.2) is 0 Å². The number of amides is 5. The van der Waals surface area contributed by atoms with Gasteiger partial charge in [0.2, 0.25) is 17.7 Å². The molecule has 0 aromatic heterocycles. The number of nitrogens with two attached hydrogens (primary N) is 1. The highest BCUT2D eigenvalue weighted by atomic mass is 16.6. The minimum absolute atomic E-state index is 0.155. The average Bonchev–Trinajstić information content (AvgIpc) is 3.23. The number of hydrogen-bond donors (Lipinski definition) is 3. The van der Waals surface area contributed by atoms with E-state index in [-0.39, 0.29) is 43.2 Å². The van der Waals surface area contributed by atoms with Crippen molar-refractivity contribution in [1.29, 1.82) is 0 Å². The number of ether oxygens (including phenoxy) is 2. The fraction of sp³-hybridized carbons (Fsp3) is 0.621. The molecule has 4 N–H and O–H groups in total. The van der Waals surface area contributed by atoms with Gasteiger partial charge in [0.05, 0.1) is 13.2 Å². The Morgan fingerprint density at radius 1 is 1.10 bits per heavy atom. The van der Waals surface area contributed by atoms with E-state index in [2.05, 4.69) is 10.6 Å². The number of fused-ring (bicyclic) bond motifs is 1. The SMILES string of the molecule is CC(C)(C)OC(=O)N(CCCCCCC(=O)Nc1cccc2c1CN(C1CCC(=O)NC1=O)C2=O)CCOCCN. The topological polar surface area (TPSA) is 160 Å². The second-order valence-corrected chi connectivity index (χ2v) is 11.3. The number of benzene rings is 1. The van der Waals surface area contributed by atoms with Gasteiger partial charge in [-0.3, -0.25) is 24.5 Å². The molecule has 0 bridgehead atoms. The summed E-state index contributed by atoms with van der Waals surface area (Å²) in [5.41, 5.74) is 6.55. The Labute approximate surface area is 241 Å². The Balaban J connectivity index is 1.43. The number of carbonyl (C=O) groups excluding carboxylic acids is 5. The van der Waals surface area contributed by atoms with Gasteiger partial charge in [0.1, 0.15) is 11.6 Å². The number of hydrogen-bond acceptors (Lipinski definition) is 8. The molecular weight excluding hydrogens is 530 g/mol. The summed E-state index contributed by atoms with van der Waals surface area (Å²) in [6.45, 7) is 7.87. The molecule has 1 aromatic rings. The van der Waals surface area contributed by atoms with Crippen molar-refractivity contribution in [3.63, 3.8) is 0 Å². The van der Waals surface area contributed by atoms with Crippen LogP contribution in [0.25, 0.3) is 0 Å². The first-order valence-corrected chi connectivity index (χ1v) is 14.3. The van der Waals surface area contributed by atoms with Crippen LogP contribution in [0, 0.1) is 0 Å². The minimum atomic E-state index is -0.708. The van der Waals surface area contributed by atoms with Crippen LogP contribution in [0.4, 0.5) is 10.5 Å². The third-order valence-electron chi connectivity index (χ3n) is 6.86. The second-order valence-electron chi connectivity index (χ2n) is 11.3. The Kier molecular flexibility index (Phi) is 11.7. The van der Waals surface area contributed by atoms with E-state index < -0.39 is 17.6 Å². The number of anilines is 1. The van der Waals surface area contributed by atoms with Gasteiger partial charge in [-0.2, -0.15) is 0 Å². The molecule has 12 nitrogen and oxygen atoms in total. The molecule has 0 saturated carbocycles. The van der Waals surface area contributed by atoms with E-state index in [4.69, 9.17) is 15.2 Å². The standard InChI is InChI=1S/C29H43N5O7/c1-29(2,3)41-28(39)33(16-18-40-17-14-30)15-7-5-4-6-11-24(35)31-22-10-8-9-20-21(22)19-34(27(20)38)23-12-13-25(36)32-26(23)37/h8-10,23H,4-7,11-19,30H2,1-3H3,(H,31,35)(H,32,36,37). The summed E-state index contributed by atoms with van der Waals surface area (Å²) < 4.78 is 10.9. The van der Waals surface area contributed by atoms with Crippen LogP contribution in [-0.2, 0) is 30.4 Å². The van der Waals surface area contributed by atoms with Crippen LogP contribution in [0.3, 0.4) is 0 Å². The van der Waals surface area contributed by atoms with E-state index in [1.807, 2.05) is 20.8 Å². The summed E-state index contributed by atoms with van der Waals surface area (Å²) in [5.74, 6) is -1.24. The van der Waals surface area contributed by atoms with Crippen molar-refractivity contribution in [3.05, 3.63) is 29.3 Å². The van der Waals surface area contributed by atoms with E-state index >= 15 is 0 Å². The lowest BCUT2D eigenvalue weighted by Crippen LogP contribution is -2.52. The zero-order valence-corrected chi connectivity index (χ0v) is 24.3. The van der Waals surface area contributed by atoms with Crippen LogP contribution < -0.4 is 16.4 Å². The first-order chi connectivity index (χ1) is 19.5. The van der Waals surface area contributed by atoms with Crippen molar-refractivity contribution in [2.45, 2.75) is 83.9 Å². The van der Waals surface area contributed by atoms with Gasteiger partial charge in [0, 0.05) is 55.8 Å². The van der Waals surface area contributed by atoms with Crippen LogP contribution >= 0.6 is 0 Å². The molecular formula is C29H43N5O7. The third kappa shape index (κ3) is 9.53. The maximum absolute atomic E-state index is 13.0. The molecule has 1 atom stereocenters. The van der Waals surface area contributed by atoms with Gasteiger partial charge >= 0.3 is 6.09 Å². The molecule has 2 heterocycles. The van der Waals surface area contributed by atoms with Crippen molar-refractivity contribution in [2.75, 3.05) is 38.2 Å². The van der Waals surface area contributed by atoms with E-state index in [0.717, 1.165) is 19.3 Å². The molecule has 1 saturated heterocycles. The summed E-state index contributed by atoms with van der Waals surface area (Å²) in [4.78, 5) is 65.2. The largest absolute Gasteiger partial charge is 0.444 e. The van der Waals surface area contributed by atoms with E-state index in [0.29, 0.717) is 62.5 Å². The molecule has 0 radical (unpaired) electrons. The lowest BCUT2D eigenvalue weighted by Gasteiger charge is -2.29. The van der Waals surface area contributed by atoms with Crippen LogP contribution in [-0.4, -0.2) is 84.0 Å². The van der Waals surface area contributed by atoms with Crippen molar-refractivity contribution < 1.29 is 33.4 Å². The highest BCUT2D eigenvalue weighted by Gasteiger charge is 2.40. The maximum atomic E-state index is 13.0. The lowest BCUT2D eigenvalue weighted by atomic mass is 10.0. The van der Waals surface area contributed by atoms with Crippen LogP contribution in [0.5, 0.6) is 0 Å². The van der Waals surface area contributed by atoms with Gasteiger partial charge in [-0.15, -0.1) is 0 Å². The molecule has 2 aliphatic heterocycles. The molecule has 1 unspecified atom stereocenters. The van der Waals surface area contributed by atoms with E-state index in [1.54, 1.807) is 23.1 Å². The fourth-order valence-electron chi connectivity index (χ4n) is 4.84. The zero-order valence-electron chi connectivity index (χ0n) is 24.3. The minimum Gasteiger partial charge on any atom is -0.444 e. The van der Waals surface area contributed by atoms with Crippen molar-refractivity contribution in [3.8, 4) is 0 Å². The summed E-state index contributed by atoms with van der Waals surface area (Å²) in [7, 11) is 0. The third-order valence-corrected chi connectivity index (χ3v) is 6.86. The molecule has 1 fully saturated rings. The number of carbonyl (C=O) groups is 5. The first-order valence-electron chi connectivity index (χ1n) is 14.3. The number of rotatable bonds is 14. The fourth-order valence-corrected chi connectivity index (χ4v) is 4.84. The summed E-state index contributed by atoms with van der Waals surface area (Å²) in [6, 6.07) is 4.43. The number of nitrogens with one attached hydrogen (secondary N) is 2. The van der Waals surface area contributed by atoms with Crippen LogP contribution in [0.2, 0.25) is 0 Å². The first kappa shape index (κ1) is 32.0. The van der Waals surface area contributed by atoms with Gasteiger partial charge in [-0.25, -0.2) is 4.79 Å². The molecule has 0 aliphatic carbocycles. The lowest BCUT2D eigenvalue weighted by molar-refractivity contribution is -0.137. The Morgan fingerprint density at radius 2 is 1.85 bits per heavy atom. The summed E-state index contributed by atoms with van der Waals surface area (Å²) >= 11 is 0. The molecule has 5 amide bonds. The summed E-state index contributed by atoms with van der Waals surface area (Å²) in [5, 5.41) is 5.21.